The molecule has 0 saturated heterocycles. The average molecular weight is 334 g/mol. The zero-order valence-corrected chi connectivity index (χ0v) is 15.2. The van der Waals surface area contributed by atoms with E-state index in [9.17, 15) is 0 Å². The Morgan fingerprint density at radius 3 is 1.31 bits per heavy atom. The third-order valence-electron chi connectivity index (χ3n) is 6.03. The second kappa shape index (κ2) is 5.85. The van der Waals surface area contributed by atoms with E-state index in [4.69, 9.17) is 0 Å². The van der Waals surface area contributed by atoms with E-state index >= 15 is 0 Å². The molecule has 0 fully saturated rings. The number of allylic oxidation sites excluding steroid dienone is 2. The maximum absolute atomic E-state index is 2.38. The highest BCUT2D eigenvalue weighted by Crippen LogP contribution is 2.47. The van der Waals surface area contributed by atoms with Crippen LogP contribution in [0.2, 0.25) is 0 Å². The smallest absolute Gasteiger partial charge is 0.00733 e. The molecule has 26 heavy (non-hydrogen) atoms. The molecule has 5 rings (SSSR count). The third kappa shape index (κ3) is 2.22. The van der Waals surface area contributed by atoms with Gasteiger partial charge in [-0.05, 0) is 44.5 Å². The van der Waals surface area contributed by atoms with Crippen LogP contribution >= 0.6 is 0 Å². The fourth-order valence-electron chi connectivity index (χ4n) is 4.60. The first kappa shape index (κ1) is 15.4. The highest BCUT2D eigenvalue weighted by molar-refractivity contribution is 5.99. The molecule has 2 atom stereocenters. The van der Waals surface area contributed by atoms with E-state index in [1.165, 1.54) is 44.5 Å². The van der Waals surface area contributed by atoms with Gasteiger partial charge >= 0.3 is 0 Å². The standard InChI is InChI=1S/C26H22/c1-17-21-11-5-3-9-19(21)15-25(17)23-13-7-8-14-24(23)26-16-20-10-4-6-12-22(20)18(26)2/h3-18H,1-2H3. The Morgan fingerprint density at radius 2 is 0.885 bits per heavy atom. The van der Waals surface area contributed by atoms with Crippen molar-refractivity contribution in [3.8, 4) is 0 Å². The van der Waals surface area contributed by atoms with Gasteiger partial charge in [0.2, 0.25) is 0 Å². The van der Waals surface area contributed by atoms with Gasteiger partial charge in [-0.15, -0.1) is 0 Å². The Labute approximate surface area is 155 Å². The van der Waals surface area contributed by atoms with Crippen molar-refractivity contribution in [1.82, 2.24) is 0 Å². The Morgan fingerprint density at radius 1 is 0.500 bits per heavy atom. The van der Waals surface area contributed by atoms with E-state index in [1.807, 2.05) is 0 Å². The molecule has 0 saturated carbocycles. The summed E-state index contributed by atoms with van der Waals surface area (Å²) in [6, 6.07) is 26.5. The zero-order chi connectivity index (χ0) is 17.7. The Bertz CT molecular complexity index is 978. The SMILES string of the molecule is CC1C(c2ccccc2C2=Cc3ccccc3C2C)=Cc2ccccc21. The van der Waals surface area contributed by atoms with Gasteiger partial charge in [0.1, 0.15) is 0 Å². The van der Waals surface area contributed by atoms with E-state index in [2.05, 4.69) is 98.8 Å². The van der Waals surface area contributed by atoms with E-state index < -0.39 is 0 Å². The number of hydrogen-bond donors (Lipinski definition) is 0. The Kier molecular flexibility index (Phi) is 3.46. The van der Waals surface area contributed by atoms with Crippen molar-refractivity contribution in [2.75, 3.05) is 0 Å². The quantitative estimate of drug-likeness (QED) is 0.473. The highest BCUT2D eigenvalue weighted by atomic mass is 14.3. The van der Waals surface area contributed by atoms with Crippen LogP contribution in [0.1, 0.15) is 59.1 Å². The lowest BCUT2D eigenvalue weighted by molar-refractivity contribution is 0.995. The van der Waals surface area contributed by atoms with E-state index in [0.717, 1.165) is 0 Å². The lowest BCUT2D eigenvalue weighted by Crippen LogP contribution is -2.00. The molecule has 0 amide bonds. The Hall–Kier alpha value is -2.86. The van der Waals surface area contributed by atoms with E-state index in [0.29, 0.717) is 11.8 Å². The molecule has 126 valence electrons. The molecule has 0 radical (unpaired) electrons. The normalized spacial score (nSPS) is 20.4. The maximum Gasteiger partial charge on any atom is 0.00733 e. The third-order valence-corrected chi connectivity index (χ3v) is 6.03. The van der Waals surface area contributed by atoms with Crippen molar-refractivity contribution in [3.05, 3.63) is 106 Å². The van der Waals surface area contributed by atoms with Gasteiger partial charge < -0.3 is 0 Å². The Balaban J connectivity index is 1.63. The molecule has 0 nitrogen and oxygen atoms in total. The van der Waals surface area contributed by atoms with Gasteiger partial charge in [-0.1, -0.05) is 98.8 Å². The van der Waals surface area contributed by atoms with Crippen molar-refractivity contribution in [1.29, 1.82) is 0 Å². The predicted molar refractivity (Wildman–Crippen MR) is 112 cm³/mol. The second-order valence-corrected chi connectivity index (χ2v) is 7.45. The second-order valence-electron chi connectivity index (χ2n) is 7.45. The van der Waals surface area contributed by atoms with Crippen molar-refractivity contribution in [3.63, 3.8) is 0 Å². The van der Waals surface area contributed by atoms with Crippen LogP contribution in [0.4, 0.5) is 0 Å². The van der Waals surface area contributed by atoms with Crippen molar-refractivity contribution < 1.29 is 0 Å². The van der Waals surface area contributed by atoms with Crippen LogP contribution in [-0.2, 0) is 0 Å². The summed E-state index contributed by atoms with van der Waals surface area (Å²) in [5.74, 6) is 0.874. The molecule has 0 N–H and O–H groups in total. The molecule has 0 aromatic heterocycles. The molecule has 3 aromatic carbocycles. The van der Waals surface area contributed by atoms with Crippen LogP contribution in [0.25, 0.3) is 23.3 Å². The molecule has 3 aromatic rings. The molecule has 0 heterocycles. The van der Waals surface area contributed by atoms with Gasteiger partial charge in [-0.2, -0.15) is 0 Å². The number of benzene rings is 3. The summed E-state index contributed by atoms with van der Waals surface area (Å²) in [5, 5.41) is 0. The maximum atomic E-state index is 2.38. The number of rotatable bonds is 2. The largest absolute Gasteiger partial charge is 0.0619 e. The van der Waals surface area contributed by atoms with Crippen molar-refractivity contribution in [2.24, 2.45) is 0 Å². The van der Waals surface area contributed by atoms with Crippen LogP contribution in [-0.4, -0.2) is 0 Å². The van der Waals surface area contributed by atoms with Gasteiger partial charge in [-0.25, -0.2) is 0 Å². The monoisotopic (exact) mass is 334 g/mol. The lowest BCUT2D eigenvalue weighted by atomic mass is 9.85. The summed E-state index contributed by atoms with van der Waals surface area (Å²) in [6.45, 7) is 4.66. The molecule has 2 aliphatic carbocycles. The molecule has 2 aliphatic rings. The van der Waals surface area contributed by atoms with Crippen molar-refractivity contribution in [2.45, 2.75) is 25.7 Å². The first-order chi connectivity index (χ1) is 12.7. The highest BCUT2D eigenvalue weighted by Gasteiger charge is 2.27. The molecule has 0 spiro atoms. The molecule has 0 bridgehead atoms. The summed E-state index contributed by atoms with van der Waals surface area (Å²) in [7, 11) is 0. The van der Waals surface area contributed by atoms with Crippen LogP contribution in [0.5, 0.6) is 0 Å². The van der Waals surface area contributed by atoms with Gasteiger partial charge in [0.15, 0.2) is 0 Å². The summed E-state index contributed by atoms with van der Waals surface area (Å²) >= 11 is 0. The lowest BCUT2D eigenvalue weighted by Gasteiger charge is -2.19. The summed E-state index contributed by atoms with van der Waals surface area (Å²) in [4.78, 5) is 0. The molecular formula is C26H22. The summed E-state index contributed by atoms with van der Waals surface area (Å²) in [6.07, 6.45) is 4.76. The van der Waals surface area contributed by atoms with Gasteiger partial charge in [0, 0.05) is 11.8 Å². The van der Waals surface area contributed by atoms with Crippen LogP contribution in [0.3, 0.4) is 0 Å². The van der Waals surface area contributed by atoms with E-state index in [-0.39, 0.29) is 0 Å². The van der Waals surface area contributed by atoms with Crippen molar-refractivity contribution >= 4 is 23.3 Å². The average Bonchev–Trinajstić information content (AvgIpc) is 3.20. The van der Waals surface area contributed by atoms with Gasteiger partial charge in [0.05, 0.1) is 0 Å². The molecule has 0 aliphatic heterocycles. The first-order valence-corrected chi connectivity index (χ1v) is 9.45. The van der Waals surface area contributed by atoms with Crippen LogP contribution in [0.15, 0.2) is 72.8 Å². The minimum Gasteiger partial charge on any atom is -0.0619 e. The summed E-state index contributed by atoms with van der Waals surface area (Å²) < 4.78 is 0. The summed E-state index contributed by atoms with van der Waals surface area (Å²) in [5.41, 5.74) is 11.2. The fourth-order valence-corrected chi connectivity index (χ4v) is 4.60. The van der Waals surface area contributed by atoms with E-state index in [1.54, 1.807) is 0 Å². The van der Waals surface area contributed by atoms with Crippen LogP contribution in [0, 0.1) is 0 Å². The number of hydrogen-bond acceptors (Lipinski definition) is 0. The number of fused-ring (bicyclic) bond motifs is 2. The first-order valence-electron chi connectivity index (χ1n) is 9.45. The fraction of sp³-hybridized carbons (Fsp3) is 0.154. The molecular weight excluding hydrogens is 312 g/mol. The minimum atomic E-state index is 0.437. The minimum absolute atomic E-state index is 0.437. The molecule has 0 heteroatoms. The van der Waals surface area contributed by atoms with Gasteiger partial charge in [0.25, 0.3) is 0 Å². The topological polar surface area (TPSA) is 0 Å². The zero-order valence-electron chi connectivity index (χ0n) is 15.2. The molecule has 2 unspecified atom stereocenters. The predicted octanol–water partition coefficient (Wildman–Crippen LogP) is 7.00. The van der Waals surface area contributed by atoms with Gasteiger partial charge in [-0.3, -0.25) is 0 Å². The van der Waals surface area contributed by atoms with Crippen LogP contribution < -0.4 is 0 Å².